The van der Waals surface area contributed by atoms with Gasteiger partial charge in [-0.1, -0.05) is 6.92 Å². The quantitative estimate of drug-likeness (QED) is 0.801. The van der Waals surface area contributed by atoms with Crippen molar-refractivity contribution in [3.05, 3.63) is 21.5 Å². The molecule has 17 heavy (non-hydrogen) atoms. The lowest BCUT2D eigenvalue weighted by Gasteiger charge is -2.08. The Bertz CT molecular complexity index is 674. The topological polar surface area (TPSA) is 100 Å². The van der Waals surface area contributed by atoms with E-state index in [1.165, 1.54) is 4.57 Å². The highest BCUT2D eigenvalue weighted by Gasteiger charge is 2.17. The number of rotatable bonds is 2. The number of pyridine rings is 1. The SMILES string of the molecule is CCCn1c(=O)c(C#N)c(C)c2c(N)[nH]nc21. The monoisotopic (exact) mass is 231 g/mol. The fourth-order valence-electron chi connectivity index (χ4n) is 1.99. The van der Waals surface area contributed by atoms with Gasteiger partial charge < -0.3 is 5.73 Å². The lowest BCUT2D eigenvalue weighted by molar-refractivity contribution is 0.668. The minimum Gasteiger partial charge on any atom is -0.384 e. The molecule has 0 saturated carbocycles. The Kier molecular flexibility index (Phi) is 2.60. The Morgan fingerprint density at radius 3 is 2.88 bits per heavy atom. The molecule has 0 aliphatic rings. The number of hydrogen-bond acceptors (Lipinski definition) is 4. The minimum absolute atomic E-state index is 0.138. The van der Waals surface area contributed by atoms with Crippen LogP contribution in [0.2, 0.25) is 0 Å². The zero-order chi connectivity index (χ0) is 12.6. The van der Waals surface area contributed by atoms with Gasteiger partial charge in [0, 0.05) is 6.54 Å². The summed E-state index contributed by atoms with van der Waals surface area (Å²) >= 11 is 0. The van der Waals surface area contributed by atoms with E-state index in [0.717, 1.165) is 6.42 Å². The van der Waals surface area contributed by atoms with Crippen LogP contribution in [0.3, 0.4) is 0 Å². The Morgan fingerprint density at radius 2 is 2.29 bits per heavy atom. The summed E-state index contributed by atoms with van der Waals surface area (Å²) < 4.78 is 1.49. The van der Waals surface area contributed by atoms with E-state index in [4.69, 9.17) is 11.0 Å². The van der Waals surface area contributed by atoms with Gasteiger partial charge in [-0.3, -0.25) is 14.5 Å². The van der Waals surface area contributed by atoms with Crippen LogP contribution in [0.5, 0.6) is 0 Å². The smallest absolute Gasteiger partial charge is 0.270 e. The van der Waals surface area contributed by atoms with Crippen molar-refractivity contribution in [2.45, 2.75) is 26.8 Å². The molecule has 6 heteroatoms. The van der Waals surface area contributed by atoms with Crippen LogP contribution in [0.1, 0.15) is 24.5 Å². The summed E-state index contributed by atoms with van der Waals surface area (Å²) in [6.45, 7) is 4.19. The number of aryl methyl sites for hydroxylation is 2. The van der Waals surface area contributed by atoms with Gasteiger partial charge in [0.2, 0.25) is 0 Å². The molecule has 6 nitrogen and oxygen atoms in total. The van der Waals surface area contributed by atoms with Crippen LogP contribution in [0, 0.1) is 18.3 Å². The predicted molar refractivity (Wildman–Crippen MR) is 64.5 cm³/mol. The van der Waals surface area contributed by atoms with Crippen LogP contribution in [-0.2, 0) is 6.54 Å². The van der Waals surface area contributed by atoms with Crippen molar-refractivity contribution in [3.63, 3.8) is 0 Å². The molecule has 0 fully saturated rings. The molecule has 0 aliphatic carbocycles. The van der Waals surface area contributed by atoms with E-state index in [9.17, 15) is 4.79 Å². The molecule has 2 aromatic heterocycles. The van der Waals surface area contributed by atoms with Crippen LogP contribution >= 0.6 is 0 Å². The Balaban J connectivity index is 2.99. The summed E-state index contributed by atoms with van der Waals surface area (Å²) in [5.41, 5.74) is 6.72. The number of H-pyrrole nitrogens is 1. The van der Waals surface area contributed by atoms with Gasteiger partial charge in [0.25, 0.3) is 5.56 Å². The van der Waals surface area contributed by atoms with Crippen LogP contribution in [0.15, 0.2) is 4.79 Å². The van der Waals surface area contributed by atoms with Crippen molar-refractivity contribution in [1.82, 2.24) is 14.8 Å². The first-order valence-electron chi connectivity index (χ1n) is 5.38. The first-order valence-corrected chi connectivity index (χ1v) is 5.38. The van der Waals surface area contributed by atoms with E-state index >= 15 is 0 Å². The van der Waals surface area contributed by atoms with Crippen LogP contribution in [0.4, 0.5) is 5.82 Å². The van der Waals surface area contributed by atoms with Gasteiger partial charge in [-0.15, -0.1) is 0 Å². The van der Waals surface area contributed by atoms with Crippen LogP contribution < -0.4 is 11.3 Å². The predicted octanol–water partition coefficient (Wildman–Crippen LogP) is 0.897. The van der Waals surface area contributed by atoms with Gasteiger partial charge in [0.1, 0.15) is 17.5 Å². The highest BCUT2D eigenvalue weighted by Crippen LogP contribution is 2.22. The summed E-state index contributed by atoms with van der Waals surface area (Å²) in [4.78, 5) is 12.1. The van der Waals surface area contributed by atoms with Crippen molar-refractivity contribution >= 4 is 16.9 Å². The van der Waals surface area contributed by atoms with Gasteiger partial charge in [0.15, 0.2) is 5.65 Å². The molecule has 0 bridgehead atoms. The summed E-state index contributed by atoms with van der Waals surface area (Å²) in [6, 6.07) is 1.94. The highest BCUT2D eigenvalue weighted by atomic mass is 16.1. The minimum atomic E-state index is -0.300. The molecule has 0 saturated heterocycles. The molecule has 0 radical (unpaired) electrons. The van der Waals surface area contributed by atoms with E-state index in [0.29, 0.717) is 29.0 Å². The van der Waals surface area contributed by atoms with Crippen LogP contribution in [-0.4, -0.2) is 14.8 Å². The zero-order valence-corrected chi connectivity index (χ0v) is 9.74. The first-order chi connectivity index (χ1) is 8.11. The number of nitrogen functional groups attached to an aromatic ring is 1. The number of fused-ring (bicyclic) bond motifs is 1. The standard InChI is InChI=1S/C11H13N5O/c1-3-4-16-10-8(9(13)14-15-10)6(2)7(5-12)11(16)17/h3-4H2,1-2H3,(H3,13,14,15). The fraction of sp³-hybridized carbons (Fsp3) is 0.364. The summed E-state index contributed by atoms with van der Waals surface area (Å²) in [7, 11) is 0. The Labute approximate surface area is 97.7 Å². The second kappa shape index (κ2) is 3.94. The average Bonchev–Trinajstić information content (AvgIpc) is 2.67. The molecule has 2 heterocycles. The van der Waals surface area contributed by atoms with Crippen molar-refractivity contribution in [2.75, 3.05) is 5.73 Å². The molecular weight excluding hydrogens is 218 g/mol. The average molecular weight is 231 g/mol. The van der Waals surface area contributed by atoms with E-state index in [-0.39, 0.29) is 11.1 Å². The van der Waals surface area contributed by atoms with Gasteiger partial charge in [-0.2, -0.15) is 10.4 Å². The number of nitrogens with zero attached hydrogens (tertiary/aromatic N) is 3. The summed E-state index contributed by atoms with van der Waals surface area (Å²) in [5, 5.41) is 16.4. The number of nitriles is 1. The maximum atomic E-state index is 12.1. The summed E-state index contributed by atoms with van der Waals surface area (Å²) in [5.74, 6) is 0.388. The maximum absolute atomic E-state index is 12.1. The molecule has 88 valence electrons. The van der Waals surface area contributed by atoms with Crippen molar-refractivity contribution in [2.24, 2.45) is 0 Å². The normalized spacial score (nSPS) is 10.6. The third kappa shape index (κ3) is 1.47. The van der Waals surface area contributed by atoms with Crippen LogP contribution in [0.25, 0.3) is 11.0 Å². The number of nitrogens with two attached hydrogens (primary N) is 1. The number of hydrogen-bond donors (Lipinski definition) is 2. The Hall–Kier alpha value is -2.29. The largest absolute Gasteiger partial charge is 0.384 e. The second-order valence-electron chi connectivity index (χ2n) is 3.90. The molecule has 0 spiro atoms. The number of aromatic amines is 1. The fourth-order valence-corrected chi connectivity index (χ4v) is 1.99. The van der Waals surface area contributed by atoms with Crippen molar-refractivity contribution in [3.8, 4) is 6.07 Å². The molecule has 2 rings (SSSR count). The van der Waals surface area contributed by atoms with Gasteiger partial charge in [0.05, 0.1) is 5.39 Å². The van der Waals surface area contributed by atoms with Gasteiger partial charge in [-0.05, 0) is 18.9 Å². The van der Waals surface area contributed by atoms with E-state index in [1.54, 1.807) is 6.92 Å². The zero-order valence-electron chi connectivity index (χ0n) is 9.74. The van der Waals surface area contributed by atoms with E-state index < -0.39 is 0 Å². The van der Waals surface area contributed by atoms with Gasteiger partial charge >= 0.3 is 0 Å². The number of aromatic nitrogens is 3. The highest BCUT2D eigenvalue weighted by molar-refractivity contribution is 5.90. The molecule has 0 atom stereocenters. The third-order valence-corrected chi connectivity index (χ3v) is 2.80. The van der Waals surface area contributed by atoms with E-state index in [2.05, 4.69) is 10.2 Å². The molecule has 0 aromatic carbocycles. The molecule has 3 N–H and O–H groups in total. The number of nitrogens with one attached hydrogen (secondary N) is 1. The second-order valence-corrected chi connectivity index (χ2v) is 3.90. The lowest BCUT2D eigenvalue weighted by Crippen LogP contribution is -2.24. The molecular formula is C11H13N5O. The van der Waals surface area contributed by atoms with Crippen molar-refractivity contribution < 1.29 is 0 Å². The molecule has 0 aliphatic heterocycles. The summed E-state index contributed by atoms with van der Waals surface area (Å²) in [6.07, 6.45) is 0.787. The Morgan fingerprint density at radius 1 is 1.59 bits per heavy atom. The van der Waals surface area contributed by atoms with E-state index in [1.807, 2.05) is 13.0 Å². The molecule has 0 amide bonds. The first kappa shape index (κ1) is 11.2. The molecule has 0 unspecified atom stereocenters. The lowest BCUT2D eigenvalue weighted by atomic mass is 10.1. The van der Waals surface area contributed by atoms with Crippen molar-refractivity contribution in [1.29, 1.82) is 5.26 Å². The van der Waals surface area contributed by atoms with Gasteiger partial charge in [-0.25, -0.2) is 0 Å². The number of anilines is 1. The molecule has 2 aromatic rings. The maximum Gasteiger partial charge on any atom is 0.270 e. The third-order valence-electron chi connectivity index (χ3n) is 2.80.